The van der Waals surface area contributed by atoms with Gasteiger partial charge in [0, 0.05) is 33.2 Å². The summed E-state index contributed by atoms with van der Waals surface area (Å²) in [4.78, 5) is 15.8. The fourth-order valence-corrected chi connectivity index (χ4v) is 2.51. The predicted molar refractivity (Wildman–Crippen MR) is 83.1 cm³/mol. The molecular weight excluding hydrogens is 266 g/mol. The number of hydrogen-bond donors (Lipinski definition) is 2. The molecule has 0 spiro atoms. The fourth-order valence-electron chi connectivity index (χ4n) is 2.51. The van der Waals surface area contributed by atoms with Gasteiger partial charge in [-0.25, -0.2) is 4.79 Å². The van der Waals surface area contributed by atoms with Gasteiger partial charge >= 0.3 is 6.03 Å². The van der Waals surface area contributed by atoms with E-state index in [1.165, 1.54) is 16.0 Å². The monoisotopic (exact) mass is 291 g/mol. The molecule has 0 aromatic heterocycles. The SMILES string of the molecule is CC(CO)N(C)C(=O)NCCN1CCc2ccccc2C1. The van der Waals surface area contributed by atoms with E-state index in [-0.39, 0.29) is 18.7 Å². The number of nitrogens with one attached hydrogen (secondary N) is 1. The zero-order chi connectivity index (χ0) is 15.2. The number of carbonyl (C=O) groups is 1. The van der Waals surface area contributed by atoms with Gasteiger partial charge in [-0.05, 0) is 24.5 Å². The number of fused-ring (bicyclic) bond motifs is 1. The largest absolute Gasteiger partial charge is 0.394 e. The maximum absolute atomic E-state index is 11.9. The summed E-state index contributed by atoms with van der Waals surface area (Å²) in [6, 6.07) is 8.25. The molecule has 2 amide bonds. The molecule has 1 aromatic rings. The molecule has 2 rings (SSSR count). The highest BCUT2D eigenvalue weighted by atomic mass is 16.3. The Morgan fingerprint density at radius 3 is 2.86 bits per heavy atom. The van der Waals surface area contributed by atoms with Crippen LogP contribution in [0.1, 0.15) is 18.1 Å². The van der Waals surface area contributed by atoms with Gasteiger partial charge in [-0.2, -0.15) is 0 Å². The minimum Gasteiger partial charge on any atom is -0.394 e. The van der Waals surface area contributed by atoms with Gasteiger partial charge in [0.15, 0.2) is 0 Å². The van der Waals surface area contributed by atoms with E-state index < -0.39 is 0 Å². The minimum atomic E-state index is -0.160. The van der Waals surface area contributed by atoms with Crippen LogP contribution in [0.5, 0.6) is 0 Å². The van der Waals surface area contributed by atoms with Crippen molar-refractivity contribution in [3.05, 3.63) is 35.4 Å². The number of urea groups is 1. The van der Waals surface area contributed by atoms with Crippen molar-refractivity contribution in [3.8, 4) is 0 Å². The molecule has 1 aliphatic rings. The topological polar surface area (TPSA) is 55.8 Å². The maximum atomic E-state index is 11.9. The molecule has 5 heteroatoms. The summed E-state index contributed by atoms with van der Waals surface area (Å²) in [5.41, 5.74) is 2.83. The van der Waals surface area contributed by atoms with Crippen LogP contribution in [0.3, 0.4) is 0 Å². The van der Waals surface area contributed by atoms with Crippen molar-refractivity contribution in [2.24, 2.45) is 0 Å². The van der Waals surface area contributed by atoms with Crippen molar-refractivity contribution in [1.29, 1.82) is 0 Å². The third kappa shape index (κ3) is 4.19. The summed E-state index contributed by atoms with van der Waals surface area (Å²) in [6.07, 6.45) is 1.07. The average molecular weight is 291 g/mol. The molecule has 1 aliphatic heterocycles. The van der Waals surface area contributed by atoms with Gasteiger partial charge in [0.1, 0.15) is 0 Å². The summed E-state index contributed by atoms with van der Waals surface area (Å²) < 4.78 is 0. The number of nitrogens with zero attached hydrogens (tertiary/aromatic N) is 2. The number of carbonyl (C=O) groups excluding carboxylic acids is 1. The van der Waals surface area contributed by atoms with Crippen LogP contribution in [0.25, 0.3) is 0 Å². The third-order valence-electron chi connectivity index (χ3n) is 4.16. The standard InChI is InChI=1S/C16H25N3O2/c1-13(12-20)18(2)16(21)17-8-10-19-9-7-14-5-3-4-6-15(14)11-19/h3-6,13,20H,7-12H2,1-2H3,(H,17,21). The molecule has 1 atom stereocenters. The van der Waals surface area contributed by atoms with Gasteiger partial charge in [-0.15, -0.1) is 0 Å². The van der Waals surface area contributed by atoms with Gasteiger partial charge in [0.05, 0.1) is 12.6 Å². The molecule has 1 aromatic carbocycles. The van der Waals surface area contributed by atoms with Crippen LogP contribution in [0.4, 0.5) is 4.79 Å². The number of rotatable bonds is 5. The molecule has 0 fully saturated rings. The van der Waals surface area contributed by atoms with E-state index in [9.17, 15) is 4.79 Å². The first-order valence-electron chi connectivity index (χ1n) is 7.52. The number of benzene rings is 1. The van der Waals surface area contributed by atoms with E-state index in [1.54, 1.807) is 7.05 Å². The Kier molecular flexibility index (Phi) is 5.59. The van der Waals surface area contributed by atoms with Crippen molar-refractivity contribution < 1.29 is 9.90 Å². The molecular formula is C16H25N3O2. The van der Waals surface area contributed by atoms with Crippen LogP contribution in [-0.2, 0) is 13.0 Å². The average Bonchev–Trinajstić information content (AvgIpc) is 2.53. The third-order valence-corrected chi connectivity index (χ3v) is 4.16. The highest BCUT2D eigenvalue weighted by Gasteiger charge is 2.17. The van der Waals surface area contributed by atoms with Crippen LogP contribution in [0, 0.1) is 0 Å². The van der Waals surface area contributed by atoms with Gasteiger partial charge in [0.25, 0.3) is 0 Å². The van der Waals surface area contributed by atoms with Gasteiger partial charge in [-0.3, -0.25) is 4.90 Å². The lowest BCUT2D eigenvalue weighted by Gasteiger charge is -2.29. The zero-order valence-electron chi connectivity index (χ0n) is 12.9. The molecule has 0 bridgehead atoms. The van der Waals surface area contributed by atoms with E-state index in [1.807, 2.05) is 6.92 Å². The van der Waals surface area contributed by atoms with Crippen molar-refractivity contribution in [2.75, 3.05) is 33.3 Å². The molecule has 0 aliphatic carbocycles. The summed E-state index contributed by atoms with van der Waals surface area (Å²) in [5, 5.41) is 11.9. The highest BCUT2D eigenvalue weighted by Crippen LogP contribution is 2.17. The van der Waals surface area contributed by atoms with Crippen LogP contribution in [-0.4, -0.2) is 60.3 Å². The van der Waals surface area contributed by atoms with Crippen LogP contribution < -0.4 is 5.32 Å². The first-order chi connectivity index (χ1) is 10.1. The Labute approximate surface area is 126 Å². The Balaban J connectivity index is 1.74. The van der Waals surface area contributed by atoms with E-state index in [4.69, 9.17) is 5.11 Å². The molecule has 0 saturated carbocycles. The Bertz CT molecular complexity index is 478. The number of aliphatic hydroxyl groups is 1. The molecule has 0 radical (unpaired) electrons. The van der Waals surface area contributed by atoms with Crippen molar-refractivity contribution in [3.63, 3.8) is 0 Å². The normalized spacial score (nSPS) is 16.1. The quantitative estimate of drug-likeness (QED) is 0.853. The molecule has 2 N–H and O–H groups in total. The molecule has 116 valence electrons. The second kappa shape index (κ2) is 7.43. The van der Waals surface area contributed by atoms with Crippen LogP contribution in [0.15, 0.2) is 24.3 Å². The molecule has 1 heterocycles. The summed E-state index contributed by atoms with van der Waals surface area (Å²) >= 11 is 0. The van der Waals surface area contributed by atoms with Crippen molar-refractivity contribution in [2.45, 2.75) is 25.9 Å². The first-order valence-corrected chi connectivity index (χ1v) is 7.52. The first kappa shape index (κ1) is 15.8. The maximum Gasteiger partial charge on any atom is 0.317 e. The smallest absolute Gasteiger partial charge is 0.317 e. The summed E-state index contributed by atoms with van der Waals surface area (Å²) in [6.45, 7) is 5.27. The minimum absolute atomic E-state index is 0.0210. The van der Waals surface area contributed by atoms with Crippen LogP contribution >= 0.6 is 0 Å². The van der Waals surface area contributed by atoms with Crippen LogP contribution in [0.2, 0.25) is 0 Å². The lowest BCUT2D eigenvalue weighted by Crippen LogP contribution is -2.46. The van der Waals surface area contributed by atoms with Gasteiger partial charge in [0.2, 0.25) is 0 Å². The number of likely N-dealkylation sites (N-methyl/N-ethyl adjacent to an activating group) is 1. The second-order valence-electron chi connectivity index (χ2n) is 5.67. The lowest BCUT2D eigenvalue weighted by molar-refractivity contribution is 0.155. The Morgan fingerprint density at radius 2 is 2.14 bits per heavy atom. The van der Waals surface area contributed by atoms with E-state index >= 15 is 0 Å². The highest BCUT2D eigenvalue weighted by molar-refractivity contribution is 5.74. The fraction of sp³-hybridized carbons (Fsp3) is 0.562. The molecule has 5 nitrogen and oxygen atoms in total. The Morgan fingerprint density at radius 1 is 1.43 bits per heavy atom. The summed E-state index contributed by atoms with van der Waals surface area (Å²) in [5.74, 6) is 0. The lowest BCUT2D eigenvalue weighted by atomic mass is 10.00. The summed E-state index contributed by atoms with van der Waals surface area (Å²) in [7, 11) is 1.70. The van der Waals surface area contributed by atoms with E-state index in [2.05, 4.69) is 34.5 Å². The molecule has 21 heavy (non-hydrogen) atoms. The van der Waals surface area contributed by atoms with Gasteiger partial charge < -0.3 is 15.3 Å². The number of aliphatic hydroxyl groups excluding tert-OH is 1. The molecule has 0 saturated heterocycles. The zero-order valence-corrected chi connectivity index (χ0v) is 12.9. The molecule has 1 unspecified atom stereocenters. The number of hydrogen-bond acceptors (Lipinski definition) is 3. The Hall–Kier alpha value is -1.59. The van der Waals surface area contributed by atoms with E-state index in [0.717, 1.165) is 26.1 Å². The predicted octanol–water partition coefficient (Wildman–Crippen LogP) is 1.07. The number of amides is 2. The van der Waals surface area contributed by atoms with Crippen molar-refractivity contribution >= 4 is 6.03 Å². The van der Waals surface area contributed by atoms with E-state index in [0.29, 0.717) is 6.54 Å². The second-order valence-corrected chi connectivity index (χ2v) is 5.67. The van der Waals surface area contributed by atoms with Crippen molar-refractivity contribution in [1.82, 2.24) is 15.1 Å². The van der Waals surface area contributed by atoms with Gasteiger partial charge in [-0.1, -0.05) is 24.3 Å².